The zero-order valence-electron chi connectivity index (χ0n) is 20.1. The number of aromatic nitrogens is 3. The number of nitrogens with one attached hydrogen (secondary N) is 2. The van der Waals surface area contributed by atoms with Gasteiger partial charge in [0.1, 0.15) is 11.3 Å². The number of para-hydroxylation sites is 1. The number of imidazole rings is 1. The van der Waals surface area contributed by atoms with Crippen LogP contribution < -0.4 is 16.4 Å². The number of fused-ring (bicyclic) bond motifs is 3. The Kier molecular flexibility index (Phi) is 7.09. The van der Waals surface area contributed by atoms with Crippen molar-refractivity contribution in [3.8, 4) is 0 Å². The fourth-order valence-corrected chi connectivity index (χ4v) is 4.53. The summed E-state index contributed by atoms with van der Waals surface area (Å²) in [5.41, 5.74) is 8.73. The van der Waals surface area contributed by atoms with Crippen molar-refractivity contribution in [3.05, 3.63) is 30.1 Å². The van der Waals surface area contributed by atoms with Crippen molar-refractivity contribution in [2.45, 2.75) is 64.8 Å². The lowest BCUT2D eigenvalue weighted by atomic mass is 10.2. The number of carbonyl (C=O) groups is 1. The predicted octanol–water partition coefficient (Wildman–Crippen LogP) is 4.40. The molecule has 174 valence electrons. The highest BCUT2D eigenvalue weighted by molar-refractivity contribution is 6.74. The average Bonchev–Trinajstić information content (AvgIpc) is 3.10. The van der Waals surface area contributed by atoms with Gasteiger partial charge in [0.2, 0.25) is 0 Å². The molecule has 0 aliphatic carbocycles. The predicted molar refractivity (Wildman–Crippen MR) is 133 cm³/mol. The summed E-state index contributed by atoms with van der Waals surface area (Å²) in [6.45, 7) is 13.1. The Morgan fingerprint density at radius 1 is 1.19 bits per heavy atom. The van der Waals surface area contributed by atoms with Crippen molar-refractivity contribution in [2.75, 3.05) is 19.4 Å². The Bertz CT molecular complexity index is 1100. The number of rotatable bonds is 8. The quantitative estimate of drug-likeness (QED) is 0.344. The maximum Gasteiger partial charge on any atom is 0.314 e. The molecule has 0 bridgehead atoms. The summed E-state index contributed by atoms with van der Waals surface area (Å²) < 4.78 is 8.50. The second-order valence-electron chi connectivity index (χ2n) is 9.64. The van der Waals surface area contributed by atoms with Crippen molar-refractivity contribution in [2.24, 2.45) is 0 Å². The van der Waals surface area contributed by atoms with Crippen LogP contribution in [0.2, 0.25) is 18.1 Å². The number of anilines is 1. The molecule has 0 saturated carbocycles. The van der Waals surface area contributed by atoms with E-state index in [1.54, 1.807) is 7.05 Å². The Labute approximate surface area is 191 Å². The van der Waals surface area contributed by atoms with E-state index in [-0.39, 0.29) is 11.1 Å². The molecule has 3 rings (SSSR count). The fourth-order valence-electron chi connectivity index (χ4n) is 3.44. The van der Waals surface area contributed by atoms with Gasteiger partial charge < -0.3 is 25.4 Å². The molecule has 32 heavy (non-hydrogen) atoms. The molecule has 8 nitrogen and oxygen atoms in total. The number of benzene rings is 1. The number of hydrogen-bond acceptors (Lipinski definition) is 5. The molecule has 0 spiro atoms. The molecule has 0 radical (unpaired) electrons. The van der Waals surface area contributed by atoms with Crippen LogP contribution in [-0.2, 0) is 17.5 Å². The summed E-state index contributed by atoms with van der Waals surface area (Å²) >= 11 is 0. The SMILES string of the molecule is CNC(=O)NCc1nc2c(N)nc3ccccc3c2n1CCCCO[Si](C)(C)C(C)(C)C. The number of amides is 2. The van der Waals surface area contributed by atoms with Gasteiger partial charge in [0.05, 0.1) is 17.6 Å². The first-order valence-electron chi connectivity index (χ1n) is 11.2. The van der Waals surface area contributed by atoms with Crippen LogP contribution in [0.15, 0.2) is 24.3 Å². The largest absolute Gasteiger partial charge is 0.417 e. The van der Waals surface area contributed by atoms with E-state index in [4.69, 9.17) is 15.1 Å². The minimum atomic E-state index is -1.75. The number of aryl methyl sites for hydroxylation is 1. The number of urea groups is 1. The van der Waals surface area contributed by atoms with E-state index in [0.29, 0.717) is 17.9 Å². The molecule has 0 atom stereocenters. The van der Waals surface area contributed by atoms with Crippen molar-refractivity contribution in [3.63, 3.8) is 0 Å². The molecule has 0 aliphatic heterocycles. The van der Waals surface area contributed by atoms with E-state index in [1.165, 1.54) is 0 Å². The number of nitrogen functional groups attached to an aromatic ring is 1. The zero-order valence-corrected chi connectivity index (χ0v) is 21.1. The number of pyridine rings is 1. The van der Waals surface area contributed by atoms with E-state index < -0.39 is 8.32 Å². The summed E-state index contributed by atoms with van der Waals surface area (Å²) in [5, 5.41) is 6.63. The van der Waals surface area contributed by atoms with Crippen molar-refractivity contribution in [1.82, 2.24) is 25.2 Å². The third kappa shape index (κ3) is 5.04. The van der Waals surface area contributed by atoms with E-state index >= 15 is 0 Å². The van der Waals surface area contributed by atoms with Gasteiger partial charge in [-0.25, -0.2) is 14.8 Å². The lowest BCUT2D eigenvalue weighted by molar-refractivity contribution is 0.242. The molecule has 2 amide bonds. The highest BCUT2D eigenvalue weighted by Crippen LogP contribution is 2.36. The number of unbranched alkanes of at least 4 members (excludes halogenated alkanes) is 1. The van der Waals surface area contributed by atoms with Crippen LogP contribution in [0.5, 0.6) is 0 Å². The van der Waals surface area contributed by atoms with Gasteiger partial charge in [0.15, 0.2) is 14.1 Å². The standard InChI is InChI=1S/C23H36N6O2Si/c1-23(2,3)32(5,6)31-14-10-9-13-29-18(15-26-22(30)25-4)28-19-20(29)16-11-7-8-12-17(16)27-21(19)24/h7-8,11-12H,9-10,13-15H2,1-6H3,(H2,24,27)(H2,25,26,30). The second-order valence-corrected chi connectivity index (χ2v) is 14.4. The van der Waals surface area contributed by atoms with Crippen molar-refractivity contribution >= 4 is 42.1 Å². The summed E-state index contributed by atoms with van der Waals surface area (Å²) in [5.74, 6) is 1.17. The summed E-state index contributed by atoms with van der Waals surface area (Å²) in [4.78, 5) is 21.0. The monoisotopic (exact) mass is 456 g/mol. The van der Waals surface area contributed by atoms with Crippen molar-refractivity contribution < 1.29 is 9.22 Å². The Balaban J connectivity index is 1.85. The molecule has 9 heteroatoms. The molecule has 1 aromatic carbocycles. The molecule has 4 N–H and O–H groups in total. The van der Waals surface area contributed by atoms with E-state index in [0.717, 1.165) is 48.2 Å². The number of nitrogens with two attached hydrogens (primary N) is 1. The van der Waals surface area contributed by atoms with Crippen LogP contribution in [0.3, 0.4) is 0 Å². The van der Waals surface area contributed by atoms with Crippen LogP contribution in [0, 0.1) is 0 Å². The highest BCUT2D eigenvalue weighted by Gasteiger charge is 2.36. The third-order valence-electron chi connectivity index (χ3n) is 6.37. The van der Waals surface area contributed by atoms with Gasteiger partial charge in [-0.2, -0.15) is 0 Å². The van der Waals surface area contributed by atoms with Crippen LogP contribution in [-0.4, -0.2) is 42.5 Å². The first-order valence-corrected chi connectivity index (χ1v) is 14.1. The highest BCUT2D eigenvalue weighted by atomic mass is 28.4. The second kappa shape index (κ2) is 9.46. The molecule has 0 unspecified atom stereocenters. The molecule has 2 aromatic heterocycles. The molecule has 0 fully saturated rings. The average molecular weight is 457 g/mol. The van der Waals surface area contributed by atoms with Gasteiger partial charge in [-0.3, -0.25) is 0 Å². The smallest absolute Gasteiger partial charge is 0.314 e. The van der Waals surface area contributed by atoms with Gasteiger partial charge in [-0.05, 0) is 37.0 Å². The zero-order chi connectivity index (χ0) is 23.5. The lowest BCUT2D eigenvalue weighted by Crippen LogP contribution is -2.41. The number of hydrogen-bond donors (Lipinski definition) is 3. The van der Waals surface area contributed by atoms with E-state index in [9.17, 15) is 4.79 Å². The first kappa shape index (κ1) is 24.0. The minimum absolute atomic E-state index is 0.204. The Hall–Kier alpha value is -2.65. The Morgan fingerprint density at radius 3 is 2.59 bits per heavy atom. The third-order valence-corrected chi connectivity index (χ3v) is 10.9. The number of nitrogens with zero attached hydrogens (tertiary/aromatic N) is 3. The lowest BCUT2D eigenvalue weighted by Gasteiger charge is -2.36. The summed E-state index contributed by atoms with van der Waals surface area (Å²) in [7, 11) is -0.154. The molecule has 0 aliphatic rings. The van der Waals surface area contributed by atoms with Crippen LogP contribution in [0.4, 0.5) is 10.6 Å². The minimum Gasteiger partial charge on any atom is -0.417 e. The van der Waals surface area contributed by atoms with Gasteiger partial charge in [-0.15, -0.1) is 0 Å². The molecular weight excluding hydrogens is 420 g/mol. The maximum absolute atomic E-state index is 11.8. The molecular formula is C23H36N6O2Si. The van der Waals surface area contributed by atoms with Crippen LogP contribution in [0.1, 0.15) is 39.4 Å². The summed E-state index contributed by atoms with van der Waals surface area (Å²) in [6.07, 6.45) is 1.89. The van der Waals surface area contributed by atoms with Gasteiger partial charge in [0, 0.05) is 25.6 Å². The van der Waals surface area contributed by atoms with E-state index in [1.807, 2.05) is 24.3 Å². The Morgan fingerprint density at radius 2 is 1.91 bits per heavy atom. The molecule has 0 saturated heterocycles. The van der Waals surface area contributed by atoms with Gasteiger partial charge in [0.25, 0.3) is 0 Å². The first-order chi connectivity index (χ1) is 15.0. The number of carbonyl (C=O) groups excluding carboxylic acids is 1. The van der Waals surface area contributed by atoms with Gasteiger partial charge >= 0.3 is 6.03 Å². The molecule has 3 aromatic rings. The maximum atomic E-state index is 11.8. The topological polar surface area (TPSA) is 107 Å². The normalized spacial score (nSPS) is 12.4. The van der Waals surface area contributed by atoms with Crippen molar-refractivity contribution in [1.29, 1.82) is 0 Å². The summed E-state index contributed by atoms with van der Waals surface area (Å²) in [6, 6.07) is 7.69. The van der Waals surface area contributed by atoms with Gasteiger partial charge in [-0.1, -0.05) is 39.0 Å². The van der Waals surface area contributed by atoms with Crippen LogP contribution in [0.25, 0.3) is 21.9 Å². The van der Waals surface area contributed by atoms with Crippen LogP contribution >= 0.6 is 0 Å². The van der Waals surface area contributed by atoms with E-state index in [2.05, 4.69) is 54.0 Å². The molecule has 2 heterocycles. The fraction of sp³-hybridized carbons (Fsp3) is 0.522.